The van der Waals surface area contributed by atoms with Gasteiger partial charge in [0.2, 0.25) is 0 Å². The SMILES string of the molecule is C[C@@H](OC(N)=O)c1cccc(I)c1F. The summed E-state index contributed by atoms with van der Waals surface area (Å²) in [6.07, 6.45) is -1.57. The number of carbonyl (C=O) groups excluding carboxylic acids is 1. The number of ether oxygens (including phenoxy) is 1. The van der Waals surface area contributed by atoms with Gasteiger partial charge < -0.3 is 10.5 Å². The molecule has 0 aromatic heterocycles. The minimum absolute atomic E-state index is 0.329. The highest BCUT2D eigenvalue weighted by molar-refractivity contribution is 14.1. The number of rotatable bonds is 2. The van der Waals surface area contributed by atoms with Gasteiger partial charge >= 0.3 is 6.09 Å². The van der Waals surface area contributed by atoms with Gasteiger partial charge in [0.15, 0.2) is 0 Å². The fourth-order valence-electron chi connectivity index (χ4n) is 1.07. The number of primary amides is 1. The van der Waals surface area contributed by atoms with E-state index >= 15 is 0 Å². The van der Waals surface area contributed by atoms with Crippen molar-refractivity contribution in [3.63, 3.8) is 0 Å². The Labute approximate surface area is 94.6 Å². The number of nitrogens with two attached hydrogens (primary N) is 1. The molecule has 0 bridgehead atoms. The van der Waals surface area contributed by atoms with Crippen molar-refractivity contribution < 1.29 is 13.9 Å². The van der Waals surface area contributed by atoms with Gasteiger partial charge in [-0.3, -0.25) is 0 Å². The number of hydrogen-bond acceptors (Lipinski definition) is 2. The average molecular weight is 309 g/mol. The normalized spacial score (nSPS) is 12.2. The second-order valence-corrected chi connectivity index (χ2v) is 3.88. The van der Waals surface area contributed by atoms with Crippen molar-refractivity contribution in [1.82, 2.24) is 0 Å². The fraction of sp³-hybridized carbons (Fsp3) is 0.222. The van der Waals surface area contributed by atoms with Gasteiger partial charge in [-0.1, -0.05) is 12.1 Å². The second-order valence-electron chi connectivity index (χ2n) is 2.72. The minimum Gasteiger partial charge on any atom is -0.442 e. The van der Waals surface area contributed by atoms with Crippen molar-refractivity contribution in [2.45, 2.75) is 13.0 Å². The molecule has 0 fully saturated rings. The summed E-state index contributed by atoms with van der Waals surface area (Å²) in [5.74, 6) is -0.373. The Kier molecular flexibility index (Phi) is 3.68. The first-order chi connectivity index (χ1) is 6.52. The number of hydrogen-bond donors (Lipinski definition) is 1. The lowest BCUT2D eigenvalue weighted by atomic mass is 10.1. The maximum absolute atomic E-state index is 13.5. The van der Waals surface area contributed by atoms with Gasteiger partial charge in [-0.05, 0) is 35.6 Å². The molecule has 0 saturated carbocycles. The molecule has 0 heterocycles. The first-order valence-corrected chi connectivity index (χ1v) is 5.00. The number of benzene rings is 1. The fourth-order valence-corrected chi connectivity index (χ4v) is 1.59. The molecule has 14 heavy (non-hydrogen) atoms. The Morgan fingerprint density at radius 3 is 2.86 bits per heavy atom. The van der Waals surface area contributed by atoms with E-state index < -0.39 is 12.2 Å². The molecule has 0 aliphatic heterocycles. The highest BCUT2D eigenvalue weighted by atomic mass is 127. The van der Waals surface area contributed by atoms with E-state index in [4.69, 9.17) is 5.73 Å². The smallest absolute Gasteiger partial charge is 0.405 e. The van der Waals surface area contributed by atoms with Crippen molar-refractivity contribution >= 4 is 28.7 Å². The standard InChI is InChI=1S/C9H9FINO2/c1-5(14-9(12)13)6-3-2-4-7(11)8(6)10/h2-5H,1H3,(H2,12,13)/t5-/m1/s1. The van der Waals surface area contributed by atoms with E-state index in [9.17, 15) is 9.18 Å². The topological polar surface area (TPSA) is 52.3 Å². The van der Waals surface area contributed by atoms with Crippen LogP contribution in [0.3, 0.4) is 0 Å². The Morgan fingerprint density at radius 2 is 2.29 bits per heavy atom. The summed E-state index contributed by atoms with van der Waals surface area (Å²) >= 11 is 1.87. The van der Waals surface area contributed by atoms with E-state index in [1.54, 1.807) is 25.1 Å². The van der Waals surface area contributed by atoms with Crippen molar-refractivity contribution in [2.75, 3.05) is 0 Å². The Hall–Kier alpha value is -0.850. The van der Waals surface area contributed by atoms with Crippen LogP contribution in [0.15, 0.2) is 18.2 Å². The van der Waals surface area contributed by atoms with Crippen LogP contribution in [0.5, 0.6) is 0 Å². The summed E-state index contributed by atoms with van der Waals surface area (Å²) < 4.78 is 18.6. The average Bonchev–Trinajstić information content (AvgIpc) is 2.08. The summed E-state index contributed by atoms with van der Waals surface area (Å²) in [4.78, 5) is 10.5. The van der Waals surface area contributed by atoms with Crippen LogP contribution in [0.25, 0.3) is 0 Å². The van der Waals surface area contributed by atoms with Gasteiger partial charge in [0.25, 0.3) is 0 Å². The molecule has 0 spiro atoms. The third kappa shape index (κ3) is 2.57. The maximum atomic E-state index is 13.5. The third-order valence-corrected chi connectivity index (χ3v) is 2.55. The third-order valence-electron chi connectivity index (χ3n) is 1.71. The van der Waals surface area contributed by atoms with Crippen molar-refractivity contribution in [1.29, 1.82) is 0 Å². The van der Waals surface area contributed by atoms with E-state index in [-0.39, 0.29) is 5.82 Å². The summed E-state index contributed by atoms with van der Waals surface area (Å²) in [5.41, 5.74) is 5.16. The molecule has 1 aromatic carbocycles. The van der Waals surface area contributed by atoms with Crippen LogP contribution in [0, 0.1) is 9.39 Å². The van der Waals surface area contributed by atoms with Crippen LogP contribution in [0.2, 0.25) is 0 Å². The zero-order valence-electron chi connectivity index (χ0n) is 7.46. The van der Waals surface area contributed by atoms with Gasteiger partial charge in [0.1, 0.15) is 11.9 Å². The lowest BCUT2D eigenvalue weighted by Crippen LogP contribution is -2.16. The molecule has 0 aliphatic carbocycles. The van der Waals surface area contributed by atoms with Crippen LogP contribution < -0.4 is 5.73 Å². The summed E-state index contributed by atoms with van der Waals surface area (Å²) in [6, 6.07) is 4.89. The molecule has 3 nitrogen and oxygen atoms in total. The number of amides is 1. The lowest BCUT2D eigenvalue weighted by molar-refractivity contribution is 0.114. The van der Waals surface area contributed by atoms with Gasteiger partial charge in [0.05, 0.1) is 0 Å². The van der Waals surface area contributed by atoms with Crippen LogP contribution in [-0.4, -0.2) is 6.09 Å². The molecule has 0 radical (unpaired) electrons. The van der Waals surface area contributed by atoms with Crippen LogP contribution in [0.4, 0.5) is 9.18 Å². The van der Waals surface area contributed by atoms with Crippen LogP contribution in [-0.2, 0) is 4.74 Å². The van der Waals surface area contributed by atoms with Crippen molar-refractivity contribution in [3.8, 4) is 0 Å². The Balaban J connectivity index is 2.95. The molecule has 2 N–H and O–H groups in total. The highest BCUT2D eigenvalue weighted by Gasteiger charge is 2.15. The molecule has 0 saturated heterocycles. The molecule has 1 atom stereocenters. The quantitative estimate of drug-likeness (QED) is 0.854. The predicted molar refractivity (Wildman–Crippen MR) is 58.2 cm³/mol. The minimum atomic E-state index is -0.907. The number of carbonyl (C=O) groups is 1. The molecule has 1 rings (SSSR count). The monoisotopic (exact) mass is 309 g/mol. The largest absolute Gasteiger partial charge is 0.442 e. The van der Waals surface area contributed by atoms with Gasteiger partial charge in [0, 0.05) is 9.13 Å². The van der Waals surface area contributed by atoms with Gasteiger partial charge in [-0.2, -0.15) is 0 Å². The molecule has 1 aromatic rings. The maximum Gasteiger partial charge on any atom is 0.405 e. The molecule has 1 amide bonds. The van der Waals surface area contributed by atoms with Gasteiger partial charge in [-0.15, -0.1) is 0 Å². The Bertz CT molecular complexity index is 357. The first kappa shape index (κ1) is 11.2. The van der Waals surface area contributed by atoms with E-state index in [1.165, 1.54) is 0 Å². The first-order valence-electron chi connectivity index (χ1n) is 3.92. The van der Waals surface area contributed by atoms with Crippen molar-refractivity contribution in [3.05, 3.63) is 33.1 Å². The van der Waals surface area contributed by atoms with Gasteiger partial charge in [-0.25, -0.2) is 9.18 Å². The van der Waals surface area contributed by atoms with Crippen molar-refractivity contribution in [2.24, 2.45) is 5.73 Å². The molecule has 0 aliphatic rings. The Morgan fingerprint density at radius 1 is 1.64 bits per heavy atom. The molecule has 5 heteroatoms. The molecular formula is C9H9FINO2. The highest BCUT2D eigenvalue weighted by Crippen LogP contribution is 2.23. The second kappa shape index (κ2) is 4.59. The van der Waals surface area contributed by atoms with E-state index in [0.29, 0.717) is 9.13 Å². The molecule has 76 valence electrons. The number of halogens is 2. The zero-order chi connectivity index (χ0) is 10.7. The van der Waals surface area contributed by atoms with E-state index in [2.05, 4.69) is 4.74 Å². The predicted octanol–water partition coefficient (Wildman–Crippen LogP) is 2.59. The van der Waals surface area contributed by atoms with Crippen LogP contribution >= 0.6 is 22.6 Å². The summed E-state index contributed by atoms with van der Waals surface area (Å²) in [5, 5.41) is 0. The lowest BCUT2D eigenvalue weighted by Gasteiger charge is -2.12. The van der Waals surface area contributed by atoms with E-state index in [0.717, 1.165) is 0 Å². The summed E-state index contributed by atoms with van der Waals surface area (Å²) in [7, 11) is 0. The molecular weight excluding hydrogens is 300 g/mol. The molecule has 0 unspecified atom stereocenters. The van der Waals surface area contributed by atoms with E-state index in [1.807, 2.05) is 22.6 Å². The zero-order valence-corrected chi connectivity index (χ0v) is 9.62. The summed E-state index contributed by atoms with van der Waals surface area (Å²) in [6.45, 7) is 1.57. The van der Waals surface area contributed by atoms with Crippen LogP contribution in [0.1, 0.15) is 18.6 Å².